The van der Waals surface area contributed by atoms with Gasteiger partial charge in [0.15, 0.2) is 0 Å². The normalized spacial score (nSPS) is 15.1. The molecular formula is C32H40N2O. The third-order valence-corrected chi connectivity index (χ3v) is 7.74. The van der Waals surface area contributed by atoms with Crippen molar-refractivity contribution in [3.05, 3.63) is 108 Å². The van der Waals surface area contributed by atoms with Crippen LogP contribution in [0.2, 0.25) is 0 Å². The second-order valence-corrected chi connectivity index (χ2v) is 10.0. The number of amides is 1. The Morgan fingerprint density at radius 2 is 1.31 bits per heavy atom. The van der Waals surface area contributed by atoms with Crippen molar-refractivity contribution >= 4 is 5.91 Å². The number of hydrogen-bond donors (Lipinski definition) is 1. The van der Waals surface area contributed by atoms with Crippen molar-refractivity contribution < 1.29 is 4.79 Å². The summed E-state index contributed by atoms with van der Waals surface area (Å²) in [6, 6.07) is 33.0. The number of piperidine rings is 1. The van der Waals surface area contributed by atoms with Crippen molar-refractivity contribution in [1.82, 2.24) is 10.2 Å². The van der Waals surface area contributed by atoms with Crippen LogP contribution in [-0.2, 0) is 10.2 Å². The van der Waals surface area contributed by atoms with Crippen molar-refractivity contribution in [2.45, 2.75) is 56.8 Å². The first-order valence-corrected chi connectivity index (χ1v) is 13.3. The molecule has 1 saturated heterocycles. The van der Waals surface area contributed by atoms with Gasteiger partial charge in [-0.05, 0) is 80.8 Å². The Bertz CT molecular complexity index is 972. The molecule has 0 bridgehead atoms. The molecule has 3 aromatic rings. The van der Waals surface area contributed by atoms with E-state index in [1.165, 1.54) is 49.0 Å². The quantitative estimate of drug-likeness (QED) is 0.324. The predicted octanol–water partition coefficient (Wildman–Crippen LogP) is 6.55. The maximum atomic E-state index is 11.5. The lowest BCUT2D eigenvalue weighted by atomic mass is 9.68. The van der Waals surface area contributed by atoms with Gasteiger partial charge in [0, 0.05) is 18.9 Å². The summed E-state index contributed by atoms with van der Waals surface area (Å²) < 4.78 is 0. The van der Waals surface area contributed by atoms with Crippen LogP contribution in [0.25, 0.3) is 0 Å². The number of carbonyl (C=O) groups excluding carboxylic acids is 1. The zero-order valence-corrected chi connectivity index (χ0v) is 21.2. The minimum Gasteiger partial charge on any atom is -0.356 e. The highest BCUT2D eigenvalue weighted by atomic mass is 16.1. The molecule has 0 atom stereocenters. The maximum Gasteiger partial charge on any atom is 0.216 e. The van der Waals surface area contributed by atoms with Crippen LogP contribution >= 0.6 is 0 Å². The third kappa shape index (κ3) is 6.82. The molecule has 3 aromatic carbocycles. The van der Waals surface area contributed by atoms with E-state index in [0.29, 0.717) is 5.92 Å². The molecule has 0 unspecified atom stereocenters. The Balaban J connectivity index is 1.44. The predicted molar refractivity (Wildman–Crippen MR) is 146 cm³/mol. The van der Waals surface area contributed by atoms with E-state index in [-0.39, 0.29) is 11.3 Å². The maximum absolute atomic E-state index is 11.5. The Hall–Kier alpha value is -2.91. The zero-order chi connectivity index (χ0) is 24.3. The average molecular weight is 469 g/mol. The minimum atomic E-state index is -0.0383. The van der Waals surface area contributed by atoms with Crippen molar-refractivity contribution in [3.8, 4) is 0 Å². The van der Waals surface area contributed by atoms with Gasteiger partial charge in [-0.15, -0.1) is 0 Å². The summed E-state index contributed by atoms with van der Waals surface area (Å²) in [5.41, 5.74) is 4.23. The Morgan fingerprint density at radius 1 is 0.800 bits per heavy atom. The molecule has 0 aliphatic carbocycles. The summed E-state index contributed by atoms with van der Waals surface area (Å²) in [4.78, 5) is 14.1. The Kier molecular flexibility index (Phi) is 9.14. The van der Waals surface area contributed by atoms with Gasteiger partial charge in [0.05, 0.1) is 0 Å². The van der Waals surface area contributed by atoms with E-state index in [1.54, 1.807) is 6.92 Å². The molecule has 35 heavy (non-hydrogen) atoms. The molecule has 1 aliphatic rings. The number of rotatable bonds is 11. The van der Waals surface area contributed by atoms with E-state index in [1.807, 2.05) is 0 Å². The standard InChI is InChI=1S/C32H40N2O/c1-27(35)33-23-11-21-32(30-15-7-3-8-16-30,31-17-9-4-10-18-31)22-12-24-34-25-19-29(20-26-34)28-13-5-2-6-14-28/h2-10,13-18,29H,11-12,19-26H2,1H3,(H,33,35). The molecule has 0 aromatic heterocycles. The molecule has 0 radical (unpaired) electrons. The number of benzene rings is 3. The zero-order valence-electron chi connectivity index (χ0n) is 21.2. The summed E-state index contributed by atoms with van der Waals surface area (Å²) in [6.45, 7) is 5.85. The smallest absolute Gasteiger partial charge is 0.216 e. The van der Waals surface area contributed by atoms with E-state index in [4.69, 9.17) is 0 Å². The number of carbonyl (C=O) groups is 1. The van der Waals surface area contributed by atoms with E-state index in [2.05, 4.69) is 101 Å². The van der Waals surface area contributed by atoms with Gasteiger partial charge in [-0.25, -0.2) is 0 Å². The van der Waals surface area contributed by atoms with Gasteiger partial charge in [0.1, 0.15) is 0 Å². The fourth-order valence-electron chi connectivity index (χ4n) is 5.86. The number of nitrogens with one attached hydrogen (secondary N) is 1. The van der Waals surface area contributed by atoms with Gasteiger partial charge < -0.3 is 10.2 Å². The summed E-state index contributed by atoms with van der Waals surface area (Å²) >= 11 is 0. The van der Waals surface area contributed by atoms with Crippen molar-refractivity contribution in [2.24, 2.45) is 0 Å². The molecule has 184 valence electrons. The number of hydrogen-bond acceptors (Lipinski definition) is 2. The molecule has 3 nitrogen and oxygen atoms in total. The molecule has 1 N–H and O–H groups in total. The first-order valence-electron chi connectivity index (χ1n) is 13.3. The van der Waals surface area contributed by atoms with Gasteiger partial charge in [0.25, 0.3) is 0 Å². The highest BCUT2D eigenvalue weighted by Crippen LogP contribution is 2.41. The lowest BCUT2D eigenvalue weighted by molar-refractivity contribution is -0.118. The summed E-state index contributed by atoms with van der Waals surface area (Å²) in [5, 5.41) is 3.00. The van der Waals surface area contributed by atoms with E-state index in [0.717, 1.165) is 32.4 Å². The second kappa shape index (κ2) is 12.7. The van der Waals surface area contributed by atoms with E-state index >= 15 is 0 Å². The van der Waals surface area contributed by atoms with Crippen molar-refractivity contribution in [2.75, 3.05) is 26.2 Å². The van der Waals surface area contributed by atoms with Gasteiger partial charge in [-0.1, -0.05) is 91.0 Å². The van der Waals surface area contributed by atoms with Crippen LogP contribution in [0.4, 0.5) is 0 Å². The monoisotopic (exact) mass is 468 g/mol. The molecule has 3 heteroatoms. The van der Waals surface area contributed by atoms with E-state index < -0.39 is 0 Å². The molecular weight excluding hydrogens is 428 g/mol. The first-order chi connectivity index (χ1) is 17.2. The second-order valence-electron chi connectivity index (χ2n) is 10.0. The lowest BCUT2D eigenvalue weighted by Gasteiger charge is -2.37. The summed E-state index contributed by atoms with van der Waals surface area (Å²) in [6.07, 6.45) is 6.77. The summed E-state index contributed by atoms with van der Waals surface area (Å²) in [7, 11) is 0. The SMILES string of the molecule is CC(=O)NCCCC(CCCN1CCC(c2ccccc2)CC1)(c1ccccc1)c1ccccc1. The van der Waals surface area contributed by atoms with E-state index in [9.17, 15) is 4.79 Å². The third-order valence-electron chi connectivity index (χ3n) is 7.74. The van der Waals surface area contributed by atoms with Crippen LogP contribution < -0.4 is 5.32 Å². The highest BCUT2D eigenvalue weighted by Gasteiger charge is 2.33. The average Bonchev–Trinajstić information content (AvgIpc) is 2.92. The topological polar surface area (TPSA) is 32.3 Å². The molecule has 0 spiro atoms. The first kappa shape index (κ1) is 25.2. The Morgan fingerprint density at radius 3 is 1.86 bits per heavy atom. The van der Waals surface area contributed by atoms with Gasteiger partial charge in [-0.2, -0.15) is 0 Å². The van der Waals surface area contributed by atoms with Crippen LogP contribution in [-0.4, -0.2) is 37.0 Å². The van der Waals surface area contributed by atoms with Crippen LogP contribution in [0.5, 0.6) is 0 Å². The minimum absolute atomic E-state index is 0.0383. The van der Waals surface area contributed by atoms with Crippen molar-refractivity contribution in [1.29, 1.82) is 0 Å². The van der Waals surface area contributed by atoms with Gasteiger partial charge in [-0.3, -0.25) is 4.79 Å². The van der Waals surface area contributed by atoms with Crippen LogP contribution in [0.3, 0.4) is 0 Å². The van der Waals surface area contributed by atoms with Gasteiger partial charge in [0.2, 0.25) is 5.91 Å². The highest BCUT2D eigenvalue weighted by molar-refractivity contribution is 5.72. The number of likely N-dealkylation sites (tertiary alicyclic amines) is 1. The van der Waals surface area contributed by atoms with Crippen LogP contribution in [0.15, 0.2) is 91.0 Å². The lowest BCUT2D eigenvalue weighted by Crippen LogP contribution is -2.35. The van der Waals surface area contributed by atoms with Crippen LogP contribution in [0, 0.1) is 0 Å². The molecule has 1 aliphatic heterocycles. The molecule has 1 amide bonds. The molecule has 1 fully saturated rings. The van der Waals surface area contributed by atoms with Gasteiger partial charge >= 0.3 is 0 Å². The molecule has 1 heterocycles. The fraction of sp³-hybridized carbons (Fsp3) is 0.406. The largest absolute Gasteiger partial charge is 0.356 e. The van der Waals surface area contributed by atoms with Crippen LogP contribution in [0.1, 0.15) is 68.1 Å². The summed E-state index contributed by atoms with van der Waals surface area (Å²) in [5.74, 6) is 0.753. The van der Waals surface area contributed by atoms with Crippen molar-refractivity contribution in [3.63, 3.8) is 0 Å². The Labute approximate surface area is 211 Å². The fourth-order valence-corrected chi connectivity index (χ4v) is 5.86. The number of nitrogens with zero attached hydrogens (tertiary/aromatic N) is 1. The molecule has 0 saturated carbocycles. The molecule has 4 rings (SSSR count).